The molecule has 0 aliphatic carbocycles. The molecule has 4 rings (SSSR count). The van der Waals surface area contributed by atoms with Crippen molar-refractivity contribution in [1.82, 2.24) is 9.97 Å². The molecule has 0 aliphatic rings. The molecular formula is C28H28ClN3O5. The maximum Gasteiger partial charge on any atom is 0.338 e. The van der Waals surface area contributed by atoms with Gasteiger partial charge in [-0.3, -0.25) is 0 Å². The van der Waals surface area contributed by atoms with Gasteiger partial charge in [-0.2, -0.15) is 0 Å². The number of anilines is 1. The minimum atomic E-state index is -0.408. The van der Waals surface area contributed by atoms with Crippen molar-refractivity contribution in [1.29, 1.82) is 0 Å². The molecular weight excluding hydrogens is 494 g/mol. The molecule has 0 spiro atoms. The second-order valence-corrected chi connectivity index (χ2v) is 8.48. The number of furan rings is 1. The number of rotatable bonds is 12. The lowest BCUT2D eigenvalue weighted by molar-refractivity contribution is 0.0472. The number of methoxy groups -OCH3 is 2. The van der Waals surface area contributed by atoms with E-state index in [0.29, 0.717) is 54.8 Å². The average molecular weight is 522 g/mol. The zero-order valence-corrected chi connectivity index (χ0v) is 21.5. The second kappa shape index (κ2) is 13.0. The highest BCUT2D eigenvalue weighted by Gasteiger charge is 2.22. The summed E-state index contributed by atoms with van der Waals surface area (Å²) in [6, 6.07) is 20.1. The molecule has 0 N–H and O–H groups in total. The fourth-order valence-corrected chi connectivity index (χ4v) is 3.91. The number of hydrogen-bond acceptors (Lipinski definition) is 8. The van der Waals surface area contributed by atoms with Crippen molar-refractivity contribution in [2.45, 2.75) is 6.61 Å². The molecule has 192 valence electrons. The standard InChI is InChI=1S/C28H28ClN3O5/c1-34-17-14-32(15-18-35-2)27-24(30-26(29)25(31-27)23-9-6-16-36-23)21-10-12-22(13-11-21)28(33)37-19-20-7-4-3-5-8-20/h3-13,16H,14-15,17-19H2,1-2H3. The zero-order valence-electron chi connectivity index (χ0n) is 20.7. The van der Waals surface area contributed by atoms with E-state index in [0.717, 1.165) is 11.1 Å². The first-order valence-corrected chi connectivity index (χ1v) is 12.1. The van der Waals surface area contributed by atoms with E-state index in [1.54, 1.807) is 56.9 Å². The van der Waals surface area contributed by atoms with Crippen LogP contribution in [0, 0.1) is 0 Å². The number of esters is 1. The predicted octanol–water partition coefficient (Wildman–Crippen LogP) is 5.51. The van der Waals surface area contributed by atoms with E-state index in [4.69, 9.17) is 40.2 Å². The number of carbonyl (C=O) groups excluding carboxylic acids is 1. The van der Waals surface area contributed by atoms with Crippen LogP contribution in [0.1, 0.15) is 15.9 Å². The minimum Gasteiger partial charge on any atom is -0.463 e. The summed E-state index contributed by atoms with van der Waals surface area (Å²) in [6.07, 6.45) is 1.56. The first kappa shape index (κ1) is 26.3. The Bertz CT molecular complexity index is 1270. The minimum absolute atomic E-state index is 0.203. The van der Waals surface area contributed by atoms with Gasteiger partial charge in [0.05, 0.1) is 25.0 Å². The SMILES string of the molecule is COCCN(CCOC)c1nc(-c2ccco2)c(Cl)nc1-c1ccc(C(=O)OCc2ccccc2)cc1. The summed E-state index contributed by atoms with van der Waals surface area (Å²) in [5.41, 5.74) is 3.10. The highest BCUT2D eigenvalue weighted by atomic mass is 35.5. The normalized spacial score (nSPS) is 10.9. The van der Waals surface area contributed by atoms with Crippen molar-refractivity contribution < 1.29 is 23.4 Å². The third-order valence-electron chi connectivity index (χ3n) is 5.63. The molecule has 2 aromatic carbocycles. The molecule has 0 atom stereocenters. The summed E-state index contributed by atoms with van der Waals surface area (Å²) >= 11 is 6.56. The molecule has 0 saturated carbocycles. The highest BCUT2D eigenvalue weighted by Crippen LogP contribution is 2.34. The number of carbonyl (C=O) groups is 1. The van der Waals surface area contributed by atoms with Gasteiger partial charge in [0.1, 0.15) is 18.0 Å². The topological polar surface area (TPSA) is 86.9 Å². The van der Waals surface area contributed by atoms with Crippen molar-refractivity contribution in [2.24, 2.45) is 0 Å². The molecule has 4 aromatic rings. The Morgan fingerprint density at radius 2 is 1.59 bits per heavy atom. The van der Waals surface area contributed by atoms with Crippen LogP contribution in [0.25, 0.3) is 22.7 Å². The summed E-state index contributed by atoms with van der Waals surface area (Å²) in [4.78, 5) is 24.2. The van der Waals surface area contributed by atoms with E-state index < -0.39 is 5.97 Å². The third kappa shape index (κ3) is 6.74. The van der Waals surface area contributed by atoms with Crippen LogP contribution < -0.4 is 4.90 Å². The molecule has 0 unspecified atom stereocenters. The number of nitrogens with zero attached hydrogens (tertiary/aromatic N) is 3. The van der Waals surface area contributed by atoms with Crippen LogP contribution in [0.15, 0.2) is 77.4 Å². The molecule has 8 nitrogen and oxygen atoms in total. The molecule has 37 heavy (non-hydrogen) atoms. The lowest BCUT2D eigenvalue weighted by Crippen LogP contribution is -2.32. The Morgan fingerprint density at radius 3 is 2.22 bits per heavy atom. The van der Waals surface area contributed by atoms with Gasteiger partial charge < -0.3 is 23.5 Å². The fourth-order valence-electron chi connectivity index (χ4n) is 3.69. The van der Waals surface area contributed by atoms with Gasteiger partial charge in [0.15, 0.2) is 16.7 Å². The smallest absolute Gasteiger partial charge is 0.338 e. The van der Waals surface area contributed by atoms with Gasteiger partial charge >= 0.3 is 5.97 Å². The number of aromatic nitrogens is 2. The van der Waals surface area contributed by atoms with E-state index in [-0.39, 0.29) is 11.8 Å². The highest BCUT2D eigenvalue weighted by molar-refractivity contribution is 6.32. The Morgan fingerprint density at radius 1 is 0.892 bits per heavy atom. The molecule has 0 amide bonds. The van der Waals surface area contributed by atoms with E-state index >= 15 is 0 Å². The quantitative estimate of drug-likeness (QED) is 0.225. The van der Waals surface area contributed by atoms with E-state index in [1.165, 1.54) is 0 Å². The third-order valence-corrected chi connectivity index (χ3v) is 5.89. The zero-order chi connectivity index (χ0) is 26.0. The van der Waals surface area contributed by atoms with Crippen LogP contribution >= 0.6 is 11.6 Å². The molecule has 0 saturated heterocycles. The van der Waals surface area contributed by atoms with Crippen LogP contribution in [0.2, 0.25) is 5.15 Å². The van der Waals surface area contributed by atoms with Crippen LogP contribution in [0.4, 0.5) is 5.82 Å². The van der Waals surface area contributed by atoms with Crippen LogP contribution in [0.5, 0.6) is 0 Å². The molecule has 0 aliphatic heterocycles. The van der Waals surface area contributed by atoms with E-state index in [2.05, 4.69) is 0 Å². The second-order valence-electron chi connectivity index (χ2n) is 8.12. The number of halogens is 1. The van der Waals surface area contributed by atoms with Crippen molar-refractivity contribution in [3.63, 3.8) is 0 Å². The Kier molecular flexibility index (Phi) is 9.26. The van der Waals surface area contributed by atoms with Gasteiger partial charge in [0.25, 0.3) is 0 Å². The summed E-state index contributed by atoms with van der Waals surface area (Å²) in [6.45, 7) is 2.29. The van der Waals surface area contributed by atoms with Crippen molar-refractivity contribution in [2.75, 3.05) is 45.4 Å². The van der Waals surface area contributed by atoms with Crippen molar-refractivity contribution in [3.05, 3.63) is 89.3 Å². The van der Waals surface area contributed by atoms with Gasteiger partial charge in [-0.15, -0.1) is 0 Å². The van der Waals surface area contributed by atoms with Gasteiger partial charge in [-0.1, -0.05) is 54.1 Å². The lowest BCUT2D eigenvalue weighted by atomic mass is 10.1. The van der Waals surface area contributed by atoms with Gasteiger partial charge in [-0.05, 0) is 29.8 Å². The predicted molar refractivity (Wildman–Crippen MR) is 142 cm³/mol. The first-order valence-electron chi connectivity index (χ1n) is 11.8. The maximum absolute atomic E-state index is 12.6. The summed E-state index contributed by atoms with van der Waals surface area (Å²) in [5, 5.41) is 0.207. The summed E-state index contributed by atoms with van der Waals surface area (Å²) in [7, 11) is 3.29. The van der Waals surface area contributed by atoms with Gasteiger partial charge in [0.2, 0.25) is 0 Å². The van der Waals surface area contributed by atoms with Crippen LogP contribution in [-0.4, -0.2) is 56.5 Å². The van der Waals surface area contributed by atoms with E-state index in [9.17, 15) is 4.79 Å². The average Bonchev–Trinajstić information content (AvgIpc) is 3.47. The molecule has 2 aromatic heterocycles. The van der Waals surface area contributed by atoms with Crippen LogP contribution in [0.3, 0.4) is 0 Å². The Hall–Kier alpha value is -3.72. The van der Waals surface area contributed by atoms with Crippen molar-refractivity contribution >= 4 is 23.4 Å². The maximum atomic E-state index is 12.6. The lowest BCUT2D eigenvalue weighted by Gasteiger charge is -2.25. The first-order chi connectivity index (χ1) is 18.1. The Balaban J connectivity index is 1.65. The summed E-state index contributed by atoms with van der Waals surface area (Å²) < 4.78 is 21.6. The largest absolute Gasteiger partial charge is 0.463 e. The van der Waals surface area contributed by atoms with Crippen LogP contribution in [-0.2, 0) is 20.8 Å². The van der Waals surface area contributed by atoms with Gasteiger partial charge in [0, 0.05) is 32.9 Å². The Labute approximate surface area is 220 Å². The molecule has 9 heteroatoms. The monoisotopic (exact) mass is 521 g/mol. The fraction of sp³-hybridized carbons (Fsp3) is 0.250. The summed E-state index contributed by atoms with van der Waals surface area (Å²) in [5.74, 6) is 0.708. The van der Waals surface area contributed by atoms with Crippen molar-refractivity contribution in [3.8, 4) is 22.7 Å². The molecule has 0 fully saturated rings. The molecule has 0 radical (unpaired) electrons. The number of benzene rings is 2. The number of ether oxygens (including phenoxy) is 3. The van der Waals surface area contributed by atoms with Gasteiger partial charge in [-0.25, -0.2) is 14.8 Å². The number of hydrogen-bond donors (Lipinski definition) is 0. The van der Waals surface area contributed by atoms with E-state index in [1.807, 2.05) is 35.2 Å². The molecule has 2 heterocycles. The molecule has 0 bridgehead atoms.